The second-order valence-electron chi connectivity index (χ2n) is 6.02. The molecule has 0 bridgehead atoms. The van der Waals surface area contributed by atoms with Gasteiger partial charge in [0.2, 0.25) is 0 Å². The molecule has 0 fully saturated rings. The normalized spacial score (nSPS) is 11.0. The number of halogens is 1. The van der Waals surface area contributed by atoms with Crippen molar-refractivity contribution in [3.8, 4) is 0 Å². The van der Waals surface area contributed by atoms with Gasteiger partial charge >= 0.3 is 5.97 Å². The topological polar surface area (TPSA) is 92.7 Å². The molecule has 0 unspecified atom stereocenters. The van der Waals surface area contributed by atoms with Crippen LogP contribution in [0.25, 0.3) is 16.6 Å². The zero-order valence-electron chi connectivity index (χ0n) is 14.8. The number of anilines is 1. The van der Waals surface area contributed by atoms with Crippen LogP contribution in [0.5, 0.6) is 0 Å². The number of methoxy groups -OCH3 is 1. The quantitative estimate of drug-likeness (QED) is 0.382. The van der Waals surface area contributed by atoms with Crippen molar-refractivity contribution >= 4 is 57.7 Å². The van der Waals surface area contributed by atoms with Gasteiger partial charge in [-0.25, -0.2) is 9.18 Å². The third-order valence-electron chi connectivity index (χ3n) is 4.24. The number of amides is 1. The highest BCUT2D eigenvalue weighted by molar-refractivity contribution is 7.73. The smallest absolute Gasteiger partial charge is 0.337 e. The Morgan fingerprint density at radius 3 is 2.76 bits per heavy atom. The first-order chi connectivity index (χ1) is 13.9. The van der Waals surface area contributed by atoms with Crippen molar-refractivity contribution in [2.24, 2.45) is 0 Å². The Bertz CT molecular complexity index is 1420. The fourth-order valence-corrected chi connectivity index (χ4v) is 4.22. The van der Waals surface area contributed by atoms with Crippen molar-refractivity contribution in [3.63, 3.8) is 0 Å². The molecule has 146 valence electrons. The van der Waals surface area contributed by atoms with Gasteiger partial charge < -0.3 is 15.0 Å². The van der Waals surface area contributed by atoms with E-state index in [2.05, 4.69) is 10.3 Å². The number of carbonyl (C=O) groups is 2. The molecular formula is C19H12FN3O4S2. The lowest BCUT2D eigenvalue weighted by molar-refractivity contribution is 0.0600. The number of thiazole rings is 1. The van der Waals surface area contributed by atoms with Crippen LogP contribution in [-0.2, 0) is 4.74 Å². The molecule has 0 atom stereocenters. The Hall–Kier alpha value is -3.37. The Labute approximate surface area is 171 Å². The first-order valence-corrected chi connectivity index (χ1v) is 9.48. The molecule has 0 spiro atoms. The minimum Gasteiger partial charge on any atom is -0.465 e. The first kappa shape index (κ1) is 19.0. The van der Waals surface area contributed by atoms with Crippen molar-refractivity contribution in [3.05, 3.63) is 73.0 Å². The monoisotopic (exact) mass is 429 g/mol. The average molecular weight is 429 g/mol. The van der Waals surface area contributed by atoms with E-state index in [9.17, 15) is 18.8 Å². The van der Waals surface area contributed by atoms with Gasteiger partial charge in [-0.3, -0.25) is 14.0 Å². The maximum atomic E-state index is 13.4. The van der Waals surface area contributed by atoms with Crippen LogP contribution in [0.15, 0.2) is 47.3 Å². The molecule has 2 N–H and O–H groups in total. The van der Waals surface area contributed by atoms with Crippen LogP contribution in [0.1, 0.15) is 20.0 Å². The predicted octanol–water partition coefficient (Wildman–Crippen LogP) is 3.75. The van der Waals surface area contributed by atoms with Crippen molar-refractivity contribution in [1.29, 1.82) is 0 Å². The molecule has 2 aromatic heterocycles. The largest absolute Gasteiger partial charge is 0.465 e. The number of aromatic nitrogens is 2. The van der Waals surface area contributed by atoms with Crippen molar-refractivity contribution in [2.75, 3.05) is 12.4 Å². The second-order valence-corrected chi connectivity index (χ2v) is 7.67. The third-order valence-corrected chi connectivity index (χ3v) is 5.61. The van der Waals surface area contributed by atoms with Gasteiger partial charge in [0.25, 0.3) is 11.5 Å². The van der Waals surface area contributed by atoms with E-state index in [1.165, 1.54) is 47.9 Å². The van der Waals surface area contributed by atoms with E-state index in [-0.39, 0.29) is 21.8 Å². The number of rotatable bonds is 3. The minimum atomic E-state index is -0.564. The van der Waals surface area contributed by atoms with Gasteiger partial charge in [0.1, 0.15) is 16.3 Å². The predicted molar refractivity (Wildman–Crippen MR) is 110 cm³/mol. The number of hydrogen-bond acceptors (Lipinski definition) is 6. The summed E-state index contributed by atoms with van der Waals surface area (Å²) >= 11 is 6.38. The summed E-state index contributed by atoms with van der Waals surface area (Å²) in [5.74, 6) is -1.61. The summed E-state index contributed by atoms with van der Waals surface area (Å²) in [5.41, 5.74) is 0.629. The SMILES string of the molecule is COC(=O)c1ccc2c(=O)[nH]c3c(C(=O)Nc4cccc(F)c4)sc(=S)n3c2c1. The molecule has 0 radical (unpaired) electrons. The Kier molecular flexibility index (Phi) is 4.73. The van der Waals surface area contributed by atoms with E-state index in [0.29, 0.717) is 14.9 Å². The molecule has 2 heterocycles. The fraction of sp³-hybridized carbons (Fsp3) is 0.0526. The summed E-state index contributed by atoms with van der Waals surface area (Å²) in [4.78, 5) is 40.0. The van der Waals surface area contributed by atoms with Gasteiger partial charge in [0, 0.05) is 5.69 Å². The maximum absolute atomic E-state index is 13.4. The number of nitrogens with one attached hydrogen (secondary N) is 2. The van der Waals surface area contributed by atoms with Crippen LogP contribution in [-0.4, -0.2) is 28.4 Å². The third kappa shape index (κ3) is 3.32. The fourth-order valence-electron chi connectivity index (χ4n) is 2.94. The number of ether oxygens (including phenoxy) is 1. The number of aromatic amines is 1. The lowest BCUT2D eigenvalue weighted by atomic mass is 10.1. The molecule has 0 aliphatic heterocycles. The Morgan fingerprint density at radius 2 is 2.03 bits per heavy atom. The number of esters is 1. The maximum Gasteiger partial charge on any atom is 0.337 e. The number of hydrogen-bond donors (Lipinski definition) is 2. The van der Waals surface area contributed by atoms with Gasteiger partial charge in [0.05, 0.1) is 23.6 Å². The molecular weight excluding hydrogens is 417 g/mol. The highest BCUT2D eigenvalue weighted by Gasteiger charge is 2.19. The summed E-state index contributed by atoms with van der Waals surface area (Å²) in [6.45, 7) is 0. The molecule has 0 aliphatic carbocycles. The van der Waals surface area contributed by atoms with Crippen LogP contribution >= 0.6 is 23.6 Å². The van der Waals surface area contributed by atoms with Gasteiger partial charge in [-0.1, -0.05) is 17.4 Å². The highest BCUT2D eigenvalue weighted by Crippen LogP contribution is 2.24. The second kappa shape index (κ2) is 7.22. The van der Waals surface area contributed by atoms with E-state index >= 15 is 0 Å². The number of carbonyl (C=O) groups excluding carboxylic acids is 2. The molecule has 4 rings (SSSR count). The zero-order chi connectivity index (χ0) is 20.7. The molecule has 0 aliphatic rings. The molecule has 0 saturated carbocycles. The van der Waals surface area contributed by atoms with E-state index in [1.54, 1.807) is 6.07 Å². The number of nitrogens with zero attached hydrogens (tertiary/aromatic N) is 1. The van der Waals surface area contributed by atoms with E-state index in [0.717, 1.165) is 11.3 Å². The summed E-state index contributed by atoms with van der Waals surface area (Å²) in [6, 6.07) is 9.90. The van der Waals surface area contributed by atoms with Gasteiger partial charge in [-0.2, -0.15) is 0 Å². The lowest BCUT2D eigenvalue weighted by Gasteiger charge is -2.06. The Morgan fingerprint density at radius 1 is 1.24 bits per heavy atom. The van der Waals surface area contributed by atoms with Gasteiger partial charge in [-0.15, -0.1) is 0 Å². The molecule has 29 heavy (non-hydrogen) atoms. The van der Waals surface area contributed by atoms with E-state index in [4.69, 9.17) is 17.0 Å². The van der Waals surface area contributed by atoms with Crippen LogP contribution < -0.4 is 10.9 Å². The van der Waals surface area contributed by atoms with E-state index in [1.807, 2.05) is 0 Å². The zero-order valence-corrected chi connectivity index (χ0v) is 16.4. The van der Waals surface area contributed by atoms with Crippen LogP contribution in [0.2, 0.25) is 0 Å². The standard InChI is InChI=1S/C19H12FN3O4S2/c1-27-18(26)9-5-6-12-13(7-9)23-15(22-16(12)24)14(29-19(23)28)17(25)21-11-4-2-3-10(20)8-11/h2-8H,1H3,(H,21,25)(H,22,24). The van der Waals surface area contributed by atoms with Gasteiger partial charge in [-0.05, 0) is 48.6 Å². The first-order valence-electron chi connectivity index (χ1n) is 8.26. The van der Waals surface area contributed by atoms with Crippen molar-refractivity contribution in [1.82, 2.24) is 9.38 Å². The lowest BCUT2D eigenvalue weighted by Crippen LogP contribution is -2.15. The van der Waals surface area contributed by atoms with Crippen LogP contribution in [0.3, 0.4) is 0 Å². The minimum absolute atomic E-state index is 0.154. The van der Waals surface area contributed by atoms with Crippen molar-refractivity contribution < 1.29 is 18.7 Å². The molecule has 2 aromatic carbocycles. The summed E-state index contributed by atoms with van der Waals surface area (Å²) in [6.07, 6.45) is 0. The summed E-state index contributed by atoms with van der Waals surface area (Å²) in [5, 5.41) is 2.89. The Balaban J connectivity index is 1.91. The van der Waals surface area contributed by atoms with E-state index < -0.39 is 23.3 Å². The molecule has 7 nitrogen and oxygen atoms in total. The average Bonchev–Trinajstić information content (AvgIpc) is 3.03. The van der Waals surface area contributed by atoms with Crippen LogP contribution in [0.4, 0.5) is 10.1 Å². The summed E-state index contributed by atoms with van der Waals surface area (Å²) < 4.78 is 19.9. The summed E-state index contributed by atoms with van der Waals surface area (Å²) in [7, 11) is 1.25. The van der Waals surface area contributed by atoms with Crippen LogP contribution in [0, 0.1) is 9.77 Å². The molecule has 1 amide bonds. The number of H-pyrrole nitrogens is 1. The molecule has 10 heteroatoms. The van der Waals surface area contributed by atoms with Crippen molar-refractivity contribution in [2.45, 2.75) is 0 Å². The number of benzene rings is 2. The molecule has 0 saturated heterocycles. The number of fused-ring (bicyclic) bond motifs is 3. The molecule has 4 aromatic rings. The van der Waals surface area contributed by atoms with Gasteiger partial charge in [0.15, 0.2) is 3.95 Å². The highest BCUT2D eigenvalue weighted by atomic mass is 32.1.